The predicted molar refractivity (Wildman–Crippen MR) is 74.1 cm³/mol. The lowest BCUT2D eigenvalue weighted by Gasteiger charge is -2.37. The normalized spacial score (nSPS) is 35.4. The molecule has 3 heteroatoms. The predicted octanol–water partition coefficient (Wildman–Crippen LogP) is 2.54. The third-order valence-electron chi connectivity index (χ3n) is 5.19. The number of hydrogen-bond donors (Lipinski definition) is 1. The summed E-state index contributed by atoms with van der Waals surface area (Å²) in [6, 6.07) is 0.779. The van der Waals surface area contributed by atoms with Crippen molar-refractivity contribution in [2.75, 3.05) is 7.05 Å². The molecule has 3 nitrogen and oxygen atoms in total. The Hall–Kier alpha value is -0.570. The SMILES string of the molecule is CN(C(=O)C1CCCC1(C)C)C1CCC(N)CC1. The van der Waals surface area contributed by atoms with Crippen molar-refractivity contribution >= 4 is 5.91 Å². The van der Waals surface area contributed by atoms with Gasteiger partial charge in [-0.25, -0.2) is 0 Å². The summed E-state index contributed by atoms with van der Waals surface area (Å²) in [5.41, 5.74) is 6.13. The molecule has 1 atom stereocenters. The first-order valence-electron chi connectivity index (χ1n) is 7.44. The Morgan fingerprint density at radius 3 is 2.28 bits per heavy atom. The van der Waals surface area contributed by atoms with Gasteiger partial charge in [0.25, 0.3) is 0 Å². The summed E-state index contributed by atoms with van der Waals surface area (Å²) in [4.78, 5) is 14.7. The number of rotatable bonds is 2. The molecule has 1 unspecified atom stereocenters. The summed E-state index contributed by atoms with van der Waals surface area (Å²) in [6.07, 6.45) is 7.75. The van der Waals surface area contributed by atoms with E-state index in [2.05, 4.69) is 13.8 Å². The van der Waals surface area contributed by atoms with Gasteiger partial charge in [0.15, 0.2) is 0 Å². The van der Waals surface area contributed by atoms with E-state index < -0.39 is 0 Å². The average Bonchev–Trinajstić information content (AvgIpc) is 2.68. The van der Waals surface area contributed by atoms with Crippen LogP contribution in [0.15, 0.2) is 0 Å². The van der Waals surface area contributed by atoms with Crippen LogP contribution in [0.4, 0.5) is 0 Å². The minimum absolute atomic E-state index is 0.191. The van der Waals surface area contributed by atoms with E-state index >= 15 is 0 Å². The van der Waals surface area contributed by atoms with Gasteiger partial charge in [0.2, 0.25) is 5.91 Å². The summed E-state index contributed by atoms with van der Waals surface area (Å²) in [5.74, 6) is 0.607. The first kappa shape index (κ1) is 13.9. The summed E-state index contributed by atoms with van der Waals surface area (Å²) >= 11 is 0. The summed E-state index contributed by atoms with van der Waals surface area (Å²) in [5, 5.41) is 0. The molecule has 2 saturated carbocycles. The van der Waals surface area contributed by atoms with Crippen LogP contribution < -0.4 is 5.73 Å². The Morgan fingerprint density at radius 1 is 1.17 bits per heavy atom. The molecule has 0 spiro atoms. The van der Waals surface area contributed by atoms with Crippen molar-refractivity contribution in [1.82, 2.24) is 4.90 Å². The number of carbonyl (C=O) groups excluding carboxylic acids is 1. The van der Waals surface area contributed by atoms with Crippen molar-refractivity contribution in [2.24, 2.45) is 17.1 Å². The largest absolute Gasteiger partial charge is 0.343 e. The second kappa shape index (κ2) is 5.20. The molecule has 0 heterocycles. The fourth-order valence-electron chi connectivity index (χ4n) is 3.70. The van der Waals surface area contributed by atoms with Crippen LogP contribution in [0.3, 0.4) is 0 Å². The van der Waals surface area contributed by atoms with Crippen LogP contribution in [0.2, 0.25) is 0 Å². The van der Waals surface area contributed by atoms with E-state index in [4.69, 9.17) is 5.73 Å². The van der Waals surface area contributed by atoms with Crippen molar-refractivity contribution < 1.29 is 4.79 Å². The topological polar surface area (TPSA) is 46.3 Å². The van der Waals surface area contributed by atoms with Crippen LogP contribution >= 0.6 is 0 Å². The number of amides is 1. The molecule has 2 aliphatic carbocycles. The fraction of sp³-hybridized carbons (Fsp3) is 0.933. The highest BCUT2D eigenvalue weighted by Crippen LogP contribution is 2.43. The third kappa shape index (κ3) is 2.71. The van der Waals surface area contributed by atoms with E-state index in [1.165, 1.54) is 12.8 Å². The molecule has 2 aliphatic rings. The lowest BCUT2D eigenvalue weighted by atomic mass is 9.80. The van der Waals surface area contributed by atoms with Crippen LogP contribution in [0.5, 0.6) is 0 Å². The highest BCUT2D eigenvalue weighted by molar-refractivity contribution is 5.80. The van der Waals surface area contributed by atoms with Crippen LogP contribution in [0.25, 0.3) is 0 Å². The molecular formula is C15H28N2O. The molecule has 0 saturated heterocycles. The van der Waals surface area contributed by atoms with Gasteiger partial charge in [-0.15, -0.1) is 0 Å². The van der Waals surface area contributed by atoms with E-state index in [0.717, 1.165) is 32.1 Å². The molecule has 0 aromatic heterocycles. The minimum atomic E-state index is 0.191. The molecule has 0 radical (unpaired) electrons. The summed E-state index contributed by atoms with van der Waals surface area (Å²) in [6.45, 7) is 4.49. The molecule has 0 bridgehead atoms. The van der Waals surface area contributed by atoms with Gasteiger partial charge in [0.05, 0.1) is 0 Å². The number of nitrogens with zero attached hydrogens (tertiary/aromatic N) is 1. The van der Waals surface area contributed by atoms with Crippen LogP contribution in [0, 0.1) is 11.3 Å². The van der Waals surface area contributed by atoms with Gasteiger partial charge >= 0.3 is 0 Å². The highest BCUT2D eigenvalue weighted by Gasteiger charge is 2.41. The van der Waals surface area contributed by atoms with E-state index in [1.54, 1.807) is 0 Å². The van der Waals surface area contributed by atoms with Gasteiger partial charge in [-0.3, -0.25) is 4.79 Å². The monoisotopic (exact) mass is 252 g/mol. The number of nitrogens with two attached hydrogens (primary N) is 1. The average molecular weight is 252 g/mol. The Kier molecular flexibility index (Phi) is 4.00. The fourth-order valence-corrected chi connectivity index (χ4v) is 3.70. The molecule has 0 aromatic carbocycles. The number of hydrogen-bond acceptors (Lipinski definition) is 2. The maximum absolute atomic E-state index is 12.6. The molecule has 104 valence electrons. The molecule has 2 fully saturated rings. The van der Waals surface area contributed by atoms with Gasteiger partial charge in [0.1, 0.15) is 0 Å². The van der Waals surface area contributed by atoms with Crippen LogP contribution in [-0.2, 0) is 4.79 Å². The van der Waals surface area contributed by atoms with Gasteiger partial charge in [-0.1, -0.05) is 20.3 Å². The van der Waals surface area contributed by atoms with Crippen molar-refractivity contribution in [2.45, 2.75) is 70.9 Å². The van der Waals surface area contributed by atoms with Gasteiger partial charge in [-0.05, 0) is 43.9 Å². The smallest absolute Gasteiger partial charge is 0.226 e. The van der Waals surface area contributed by atoms with E-state index in [1.807, 2.05) is 11.9 Å². The standard InChI is InChI=1S/C15H28N2O/c1-15(2)10-4-5-13(15)14(18)17(3)12-8-6-11(16)7-9-12/h11-13H,4-10,16H2,1-3H3. The quantitative estimate of drug-likeness (QED) is 0.821. The molecule has 2 N–H and O–H groups in total. The van der Waals surface area contributed by atoms with Crippen molar-refractivity contribution in [1.29, 1.82) is 0 Å². The lowest BCUT2D eigenvalue weighted by Crippen LogP contribution is -2.46. The van der Waals surface area contributed by atoms with E-state index in [-0.39, 0.29) is 11.3 Å². The maximum atomic E-state index is 12.6. The lowest BCUT2D eigenvalue weighted by molar-refractivity contribution is -0.139. The Balaban J connectivity index is 1.96. The molecule has 2 rings (SSSR count). The third-order valence-corrected chi connectivity index (χ3v) is 5.19. The minimum Gasteiger partial charge on any atom is -0.343 e. The Bertz CT molecular complexity index is 306. The molecule has 18 heavy (non-hydrogen) atoms. The Labute approximate surface area is 111 Å². The zero-order chi connectivity index (χ0) is 13.3. The van der Waals surface area contributed by atoms with Crippen LogP contribution in [-0.4, -0.2) is 29.9 Å². The second-order valence-electron chi connectivity index (χ2n) is 6.95. The Morgan fingerprint density at radius 2 is 1.78 bits per heavy atom. The van der Waals surface area contributed by atoms with E-state index in [9.17, 15) is 4.79 Å². The van der Waals surface area contributed by atoms with Crippen LogP contribution in [0.1, 0.15) is 58.8 Å². The summed E-state index contributed by atoms with van der Waals surface area (Å²) < 4.78 is 0. The second-order valence-corrected chi connectivity index (χ2v) is 6.95. The highest BCUT2D eigenvalue weighted by atomic mass is 16.2. The zero-order valence-corrected chi connectivity index (χ0v) is 12.1. The summed E-state index contributed by atoms with van der Waals surface area (Å²) in [7, 11) is 2.00. The molecule has 0 aliphatic heterocycles. The van der Waals surface area contributed by atoms with Crippen molar-refractivity contribution in [3.05, 3.63) is 0 Å². The van der Waals surface area contributed by atoms with Crippen molar-refractivity contribution in [3.8, 4) is 0 Å². The van der Waals surface area contributed by atoms with E-state index in [0.29, 0.717) is 18.0 Å². The van der Waals surface area contributed by atoms with Gasteiger partial charge in [0, 0.05) is 25.0 Å². The van der Waals surface area contributed by atoms with Gasteiger partial charge < -0.3 is 10.6 Å². The molecule has 0 aromatic rings. The first-order valence-corrected chi connectivity index (χ1v) is 7.44. The number of carbonyl (C=O) groups is 1. The zero-order valence-electron chi connectivity index (χ0n) is 12.1. The maximum Gasteiger partial charge on any atom is 0.226 e. The molecular weight excluding hydrogens is 224 g/mol. The first-order chi connectivity index (χ1) is 8.42. The van der Waals surface area contributed by atoms with Gasteiger partial charge in [-0.2, -0.15) is 0 Å². The van der Waals surface area contributed by atoms with Crippen molar-refractivity contribution in [3.63, 3.8) is 0 Å². The molecule has 1 amide bonds.